The van der Waals surface area contributed by atoms with Crippen molar-refractivity contribution in [3.63, 3.8) is 0 Å². The fourth-order valence-corrected chi connectivity index (χ4v) is 5.59. The number of para-hydroxylation sites is 1. The van der Waals surface area contributed by atoms with Crippen LogP contribution in [0.2, 0.25) is 5.02 Å². The van der Waals surface area contributed by atoms with Gasteiger partial charge in [0.05, 0.1) is 23.4 Å². The number of carbonyl (C=O) groups excluding carboxylic acids is 1. The van der Waals surface area contributed by atoms with Crippen molar-refractivity contribution >= 4 is 44.1 Å². The summed E-state index contributed by atoms with van der Waals surface area (Å²) in [6.45, 7) is 1.08. The third kappa shape index (κ3) is 3.39. The fraction of sp³-hybridized carbons (Fsp3) is 0.261. The van der Waals surface area contributed by atoms with Crippen LogP contribution >= 0.6 is 21.0 Å². The van der Waals surface area contributed by atoms with E-state index in [0.29, 0.717) is 52.5 Å². The molecule has 10 nitrogen and oxygen atoms in total. The molecule has 2 aliphatic rings. The number of aromatic nitrogens is 5. The molecule has 0 aliphatic carbocycles. The Kier molecular flexibility index (Phi) is 5.23. The maximum absolute atomic E-state index is 13.7. The molecule has 178 valence electrons. The Hall–Kier alpha value is -3.49. The lowest BCUT2D eigenvalue weighted by Gasteiger charge is -2.35. The molecule has 4 aromatic rings. The minimum atomic E-state index is -0.287. The minimum absolute atomic E-state index is 0.138. The Balaban J connectivity index is 1.57. The second-order valence-corrected chi connectivity index (χ2v) is 9.68. The normalized spacial score (nSPS) is 18.0. The molecule has 0 bridgehead atoms. The summed E-state index contributed by atoms with van der Waals surface area (Å²) in [5.74, 6) is 1.53. The van der Waals surface area contributed by atoms with Gasteiger partial charge < -0.3 is 14.5 Å². The molecular weight excluding hydrogens is 487 g/mol. The summed E-state index contributed by atoms with van der Waals surface area (Å²) in [5, 5.41) is 5.20. The minimum Gasteiger partial charge on any atom is -0.345 e. The van der Waals surface area contributed by atoms with Gasteiger partial charge in [-0.2, -0.15) is 5.10 Å². The summed E-state index contributed by atoms with van der Waals surface area (Å²) in [6, 6.07) is 10.8. The van der Waals surface area contributed by atoms with E-state index >= 15 is 0 Å². The van der Waals surface area contributed by atoms with E-state index in [9.17, 15) is 9.59 Å². The Labute approximate surface area is 208 Å². The van der Waals surface area contributed by atoms with Gasteiger partial charge >= 0.3 is 0 Å². The number of rotatable bonds is 3. The van der Waals surface area contributed by atoms with Crippen molar-refractivity contribution in [1.29, 1.82) is 0 Å². The first-order valence-corrected chi connectivity index (χ1v) is 12.1. The van der Waals surface area contributed by atoms with Crippen molar-refractivity contribution in [2.45, 2.75) is 18.9 Å². The van der Waals surface area contributed by atoms with Gasteiger partial charge in [0, 0.05) is 19.8 Å². The second kappa shape index (κ2) is 8.32. The van der Waals surface area contributed by atoms with Crippen LogP contribution in [0.5, 0.6) is 0 Å². The Morgan fingerprint density at radius 3 is 2.66 bits per heavy atom. The third-order valence-electron chi connectivity index (χ3n) is 6.50. The van der Waals surface area contributed by atoms with Crippen molar-refractivity contribution in [3.05, 3.63) is 75.7 Å². The molecule has 0 saturated carbocycles. The average molecular weight is 509 g/mol. The molecule has 2 unspecified atom stereocenters. The summed E-state index contributed by atoms with van der Waals surface area (Å²) in [6.07, 6.45) is 4.76. The highest BCUT2D eigenvalue weighted by Gasteiger charge is 2.38. The Bertz CT molecular complexity index is 1520. The van der Waals surface area contributed by atoms with E-state index in [1.807, 2.05) is 35.0 Å². The van der Waals surface area contributed by atoms with Gasteiger partial charge in [0.25, 0.3) is 11.5 Å². The molecule has 35 heavy (non-hydrogen) atoms. The van der Waals surface area contributed by atoms with Gasteiger partial charge in [0.1, 0.15) is 23.2 Å². The lowest BCUT2D eigenvalue weighted by molar-refractivity contribution is 0.0790. The van der Waals surface area contributed by atoms with Gasteiger partial charge in [-0.3, -0.25) is 14.2 Å². The molecule has 1 saturated heterocycles. The van der Waals surface area contributed by atoms with E-state index in [0.717, 1.165) is 12.8 Å². The SMILES string of the molecule is CN1CN(P)c2ncnc(N3CCCC3c3nn4ccc(Cl)c4c(=O)n3-c3ccccc3)c2C1=O. The van der Waals surface area contributed by atoms with E-state index in [1.54, 1.807) is 28.8 Å². The predicted octanol–water partition coefficient (Wildman–Crippen LogP) is 2.91. The molecule has 0 spiro atoms. The Morgan fingerprint density at radius 1 is 1.09 bits per heavy atom. The molecule has 2 aliphatic heterocycles. The number of benzene rings is 1. The number of anilines is 2. The van der Waals surface area contributed by atoms with Crippen LogP contribution < -0.4 is 15.1 Å². The van der Waals surface area contributed by atoms with Gasteiger partial charge in [-0.15, -0.1) is 0 Å². The maximum Gasteiger partial charge on any atom is 0.284 e. The maximum atomic E-state index is 13.7. The average Bonchev–Trinajstić information content (AvgIpc) is 3.49. The van der Waals surface area contributed by atoms with E-state index in [1.165, 1.54) is 10.8 Å². The van der Waals surface area contributed by atoms with Crippen LogP contribution in [0, 0.1) is 0 Å². The molecule has 0 N–H and O–H groups in total. The molecule has 1 fully saturated rings. The molecule has 5 heterocycles. The van der Waals surface area contributed by atoms with Crippen LogP contribution in [0.4, 0.5) is 11.6 Å². The topological polar surface area (TPSA) is 91.9 Å². The van der Waals surface area contributed by atoms with E-state index < -0.39 is 0 Å². The van der Waals surface area contributed by atoms with Crippen LogP contribution in [0.1, 0.15) is 35.1 Å². The zero-order valence-electron chi connectivity index (χ0n) is 18.9. The number of amides is 1. The van der Waals surface area contributed by atoms with Crippen LogP contribution in [0.25, 0.3) is 11.2 Å². The highest BCUT2D eigenvalue weighted by atomic mass is 35.5. The van der Waals surface area contributed by atoms with E-state index in [4.69, 9.17) is 16.7 Å². The van der Waals surface area contributed by atoms with Gasteiger partial charge in [0.2, 0.25) is 0 Å². The van der Waals surface area contributed by atoms with Gasteiger partial charge in [0.15, 0.2) is 11.6 Å². The summed E-state index contributed by atoms with van der Waals surface area (Å²) >= 11 is 6.35. The summed E-state index contributed by atoms with van der Waals surface area (Å²) in [4.78, 5) is 39.5. The first-order valence-electron chi connectivity index (χ1n) is 11.2. The first kappa shape index (κ1) is 22.0. The number of nitrogens with zero attached hydrogens (tertiary/aromatic N) is 8. The van der Waals surface area contributed by atoms with Crippen molar-refractivity contribution in [1.82, 2.24) is 29.0 Å². The zero-order valence-corrected chi connectivity index (χ0v) is 20.8. The van der Waals surface area contributed by atoms with E-state index in [-0.39, 0.29) is 17.5 Å². The van der Waals surface area contributed by atoms with E-state index in [2.05, 4.69) is 24.3 Å². The van der Waals surface area contributed by atoms with Crippen molar-refractivity contribution < 1.29 is 4.79 Å². The Morgan fingerprint density at radius 2 is 1.86 bits per heavy atom. The van der Waals surface area contributed by atoms with Crippen molar-refractivity contribution in [3.8, 4) is 5.69 Å². The predicted molar refractivity (Wildman–Crippen MR) is 136 cm³/mol. The summed E-state index contributed by atoms with van der Waals surface area (Å²) in [5.41, 5.74) is 1.21. The number of carbonyl (C=O) groups is 1. The number of hydrogen-bond donors (Lipinski definition) is 0. The molecule has 2 atom stereocenters. The molecule has 1 aromatic carbocycles. The lowest BCUT2D eigenvalue weighted by Crippen LogP contribution is -2.42. The molecule has 3 aromatic heterocycles. The molecule has 1 amide bonds. The fourth-order valence-electron chi connectivity index (χ4n) is 4.92. The number of fused-ring (bicyclic) bond motifs is 2. The number of hydrogen-bond acceptors (Lipinski definition) is 7. The molecule has 12 heteroatoms. The largest absolute Gasteiger partial charge is 0.345 e. The van der Waals surface area contributed by atoms with Crippen LogP contribution in [-0.4, -0.2) is 55.2 Å². The second-order valence-electron chi connectivity index (χ2n) is 8.65. The number of halogens is 1. The smallest absolute Gasteiger partial charge is 0.284 e. The van der Waals surface area contributed by atoms with Gasteiger partial charge in [-0.1, -0.05) is 29.8 Å². The molecule has 0 radical (unpaired) electrons. The summed E-state index contributed by atoms with van der Waals surface area (Å²) < 4.78 is 5.00. The quantitative estimate of drug-likeness (QED) is 0.393. The molecule has 6 rings (SSSR count). The first-order chi connectivity index (χ1) is 17.0. The van der Waals surface area contributed by atoms with Crippen molar-refractivity contribution in [2.24, 2.45) is 0 Å². The zero-order chi connectivity index (χ0) is 24.3. The van der Waals surface area contributed by atoms with Crippen LogP contribution in [0.15, 0.2) is 53.7 Å². The van der Waals surface area contributed by atoms with Gasteiger partial charge in [-0.25, -0.2) is 14.5 Å². The monoisotopic (exact) mass is 508 g/mol. The highest BCUT2D eigenvalue weighted by Crippen LogP contribution is 2.40. The summed E-state index contributed by atoms with van der Waals surface area (Å²) in [7, 11) is 4.36. The highest BCUT2D eigenvalue weighted by molar-refractivity contribution is 7.19. The van der Waals surface area contributed by atoms with Crippen molar-refractivity contribution in [2.75, 3.05) is 29.8 Å². The standard InChI is InChI=1S/C23H22ClN8O2P/c1-28-13-31(35)21-17(22(28)33)20(25-12-26-21)29-10-5-8-16(29)19-27-30-11-9-15(24)18(30)23(34)32(19)14-6-3-2-4-7-14/h2-4,6-7,9,11-12,16H,5,8,10,13,35H2,1H3. The lowest BCUT2D eigenvalue weighted by atomic mass is 10.1. The van der Waals surface area contributed by atoms with Crippen LogP contribution in [-0.2, 0) is 0 Å². The third-order valence-corrected chi connectivity index (χ3v) is 7.22. The molecular formula is C23H22ClN8O2P. The van der Waals surface area contributed by atoms with Crippen LogP contribution in [0.3, 0.4) is 0 Å². The van der Waals surface area contributed by atoms with Gasteiger partial charge in [-0.05, 0) is 40.4 Å².